The zero-order chi connectivity index (χ0) is 10.0. The summed E-state index contributed by atoms with van der Waals surface area (Å²) in [6, 6.07) is 0. The van der Waals surface area contributed by atoms with Crippen molar-refractivity contribution in [3.05, 3.63) is 0 Å². The highest BCUT2D eigenvalue weighted by molar-refractivity contribution is 4.96. The van der Waals surface area contributed by atoms with Gasteiger partial charge in [0.25, 0.3) is 0 Å². The van der Waals surface area contributed by atoms with Crippen LogP contribution in [0.5, 0.6) is 0 Å². The molecule has 4 nitrogen and oxygen atoms in total. The third kappa shape index (κ3) is 1.01. The molecule has 4 aliphatic heterocycles. The second kappa shape index (κ2) is 2.74. The molecule has 0 bridgehead atoms. The molecule has 4 saturated heterocycles. The van der Waals surface area contributed by atoms with Crippen molar-refractivity contribution < 1.29 is 4.48 Å². The molecular formula is C11H21N4+. The average Bonchev–Trinajstić information content (AvgIpc) is 2.78. The maximum atomic E-state index is 2.75. The van der Waals surface area contributed by atoms with Crippen LogP contribution in [0.4, 0.5) is 0 Å². The average molecular weight is 209 g/mol. The first-order chi connectivity index (χ1) is 7.28. The van der Waals surface area contributed by atoms with Crippen molar-refractivity contribution in [3.63, 3.8) is 0 Å². The first-order valence-electron chi connectivity index (χ1n) is 6.34. The van der Waals surface area contributed by atoms with Crippen LogP contribution < -0.4 is 0 Å². The zero-order valence-corrected chi connectivity index (χ0v) is 9.60. The molecule has 4 heterocycles. The summed E-state index contributed by atoms with van der Waals surface area (Å²) in [6.45, 7) is 10.6. The van der Waals surface area contributed by atoms with E-state index in [1.807, 2.05) is 0 Å². The fraction of sp³-hybridized carbons (Fsp3) is 1.00. The lowest BCUT2D eigenvalue weighted by Crippen LogP contribution is -2.72. The van der Waals surface area contributed by atoms with Crippen molar-refractivity contribution in [2.75, 3.05) is 59.4 Å². The van der Waals surface area contributed by atoms with Crippen molar-refractivity contribution in [1.29, 1.82) is 0 Å². The fourth-order valence-electron chi connectivity index (χ4n) is 4.25. The summed E-state index contributed by atoms with van der Waals surface area (Å²) >= 11 is 0. The minimum Gasteiger partial charge on any atom is -0.306 e. The second-order valence-corrected chi connectivity index (χ2v) is 5.86. The van der Waals surface area contributed by atoms with Gasteiger partial charge in [-0.3, -0.25) is 9.80 Å². The van der Waals surface area contributed by atoms with E-state index in [1.54, 1.807) is 0 Å². The van der Waals surface area contributed by atoms with Gasteiger partial charge in [-0.2, -0.15) is 0 Å². The van der Waals surface area contributed by atoms with Crippen molar-refractivity contribution in [3.8, 4) is 0 Å². The maximum Gasteiger partial charge on any atom is 0.175 e. The first kappa shape index (κ1) is 8.93. The Bertz CT molecular complexity index is 288. The predicted molar refractivity (Wildman–Crippen MR) is 58.2 cm³/mol. The first-order valence-corrected chi connectivity index (χ1v) is 6.34. The van der Waals surface area contributed by atoms with E-state index in [9.17, 15) is 0 Å². The van der Waals surface area contributed by atoms with Gasteiger partial charge in [0.1, 0.15) is 6.17 Å². The standard InChI is InChI=1S/C11H21N4/c1-15-8-6-13-3-2-12-4-5-14(7-9-15)11(15)10(12)13/h10-11H,2-9H2,1H3/q+1/t10-,11+,15?/m0/s1. The summed E-state index contributed by atoms with van der Waals surface area (Å²) in [5.41, 5.74) is 0. The van der Waals surface area contributed by atoms with Gasteiger partial charge >= 0.3 is 0 Å². The Hall–Kier alpha value is -0.160. The molecule has 84 valence electrons. The van der Waals surface area contributed by atoms with Crippen LogP contribution >= 0.6 is 0 Å². The third-order valence-corrected chi connectivity index (χ3v) is 5.17. The van der Waals surface area contributed by atoms with Gasteiger partial charge in [0, 0.05) is 32.7 Å². The highest BCUT2D eigenvalue weighted by Gasteiger charge is 2.58. The predicted octanol–water partition coefficient (Wildman–Crippen LogP) is -0.954. The summed E-state index contributed by atoms with van der Waals surface area (Å²) in [6.07, 6.45) is 1.54. The zero-order valence-electron chi connectivity index (χ0n) is 9.60. The molecule has 4 rings (SSSR count). The quantitative estimate of drug-likeness (QED) is 0.476. The van der Waals surface area contributed by atoms with Crippen molar-refractivity contribution in [2.45, 2.75) is 12.3 Å². The molecule has 3 atom stereocenters. The van der Waals surface area contributed by atoms with Gasteiger partial charge < -0.3 is 4.48 Å². The highest BCUT2D eigenvalue weighted by atomic mass is 15.6. The number of nitrogens with zero attached hydrogens (tertiary/aromatic N) is 4. The Balaban J connectivity index is 1.76. The van der Waals surface area contributed by atoms with Gasteiger partial charge in [0.05, 0.1) is 26.7 Å². The van der Waals surface area contributed by atoms with E-state index in [0.29, 0.717) is 0 Å². The van der Waals surface area contributed by atoms with Crippen LogP contribution in [0.2, 0.25) is 0 Å². The normalized spacial score (nSPS) is 51.0. The van der Waals surface area contributed by atoms with Crippen LogP contribution in [0.15, 0.2) is 0 Å². The van der Waals surface area contributed by atoms with E-state index in [-0.39, 0.29) is 0 Å². The second-order valence-electron chi connectivity index (χ2n) is 5.86. The molecule has 1 unspecified atom stereocenters. The number of rotatable bonds is 0. The van der Waals surface area contributed by atoms with Gasteiger partial charge in [-0.15, -0.1) is 0 Å². The number of hydrogen-bond donors (Lipinski definition) is 0. The molecule has 0 aromatic carbocycles. The number of hydrogen-bond acceptors (Lipinski definition) is 3. The van der Waals surface area contributed by atoms with Gasteiger partial charge in [0.15, 0.2) is 6.17 Å². The van der Waals surface area contributed by atoms with Crippen molar-refractivity contribution >= 4 is 0 Å². The van der Waals surface area contributed by atoms with Crippen LogP contribution in [-0.4, -0.2) is 90.9 Å². The highest BCUT2D eigenvalue weighted by Crippen LogP contribution is 2.37. The van der Waals surface area contributed by atoms with Crippen LogP contribution in [0.3, 0.4) is 0 Å². The molecule has 0 saturated carbocycles. The largest absolute Gasteiger partial charge is 0.306 e. The number of quaternary nitrogens is 1. The topological polar surface area (TPSA) is 9.72 Å². The lowest BCUT2D eigenvalue weighted by Gasteiger charge is -2.52. The summed E-state index contributed by atoms with van der Waals surface area (Å²) in [5, 5.41) is 0. The minimum atomic E-state index is 0.750. The molecular weight excluding hydrogens is 188 g/mol. The van der Waals surface area contributed by atoms with Crippen LogP contribution in [0.25, 0.3) is 0 Å². The molecule has 0 aromatic rings. The monoisotopic (exact) mass is 209 g/mol. The number of likely N-dealkylation sites (N-methyl/N-ethyl adjacent to an activating group) is 1. The van der Waals surface area contributed by atoms with Gasteiger partial charge in [-0.25, -0.2) is 4.90 Å². The fourth-order valence-corrected chi connectivity index (χ4v) is 4.25. The van der Waals surface area contributed by atoms with Crippen molar-refractivity contribution in [2.24, 2.45) is 0 Å². The van der Waals surface area contributed by atoms with E-state index in [1.165, 1.54) is 56.8 Å². The molecule has 0 amide bonds. The van der Waals surface area contributed by atoms with E-state index < -0.39 is 0 Å². The van der Waals surface area contributed by atoms with Gasteiger partial charge in [-0.1, -0.05) is 0 Å². The summed E-state index contributed by atoms with van der Waals surface area (Å²) < 4.78 is 1.32. The summed E-state index contributed by atoms with van der Waals surface area (Å²) in [4.78, 5) is 8.20. The van der Waals surface area contributed by atoms with E-state index >= 15 is 0 Å². The van der Waals surface area contributed by atoms with E-state index in [2.05, 4.69) is 21.7 Å². The molecule has 15 heavy (non-hydrogen) atoms. The molecule has 0 N–H and O–H groups in total. The summed E-state index contributed by atoms with van der Waals surface area (Å²) in [5.74, 6) is 0. The molecule has 0 radical (unpaired) electrons. The molecule has 0 aromatic heterocycles. The van der Waals surface area contributed by atoms with E-state index in [0.717, 1.165) is 12.3 Å². The molecule has 4 heteroatoms. The molecule has 4 aliphatic rings. The van der Waals surface area contributed by atoms with Crippen LogP contribution in [0.1, 0.15) is 0 Å². The maximum absolute atomic E-state index is 2.75. The molecule has 0 spiro atoms. The molecule has 0 aliphatic carbocycles. The lowest BCUT2D eigenvalue weighted by molar-refractivity contribution is -0.936. The van der Waals surface area contributed by atoms with Crippen molar-refractivity contribution in [1.82, 2.24) is 14.7 Å². The summed E-state index contributed by atoms with van der Waals surface area (Å²) in [7, 11) is 2.48. The Kier molecular flexibility index (Phi) is 1.63. The van der Waals surface area contributed by atoms with Gasteiger partial charge in [-0.05, 0) is 0 Å². The Morgan fingerprint density at radius 2 is 1.33 bits per heavy atom. The smallest absolute Gasteiger partial charge is 0.175 e. The third-order valence-electron chi connectivity index (χ3n) is 5.17. The van der Waals surface area contributed by atoms with Gasteiger partial charge in [0.2, 0.25) is 0 Å². The Labute approximate surface area is 91.6 Å². The van der Waals surface area contributed by atoms with Crippen LogP contribution in [0, 0.1) is 0 Å². The number of piperazine rings is 2. The Morgan fingerprint density at radius 1 is 0.800 bits per heavy atom. The minimum absolute atomic E-state index is 0.750. The molecule has 4 fully saturated rings. The Morgan fingerprint density at radius 3 is 2.07 bits per heavy atom. The SMILES string of the molecule is C[N+]12CCN3CCN4CCN(CC1)[C@H]2[C@@H]43. The van der Waals surface area contributed by atoms with Crippen LogP contribution in [-0.2, 0) is 0 Å². The lowest BCUT2D eigenvalue weighted by atomic mass is 10.1. The van der Waals surface area contributed by atoms with E-state index in [4.69, 9.17) is 0 Å².